The van der Waals surface area contributed by atoms with E-state index >= 15 is 0 Å². The number of carbonyl (C=O) groups is 1. The minimum Gasteiger partial charge on any atom is -0.267 e. The second kappa shape index (κ2) is 11.8. The highest BCUT2D eigenvalue weighted by molar-refractivity contribution is 6.48. The molecule has 3 aromatic carbocycles. The van der Waals surface area contributed by atoms with E-state index in [1.165, 1.54) is 6.21 Å². The molecular weight excluding hydrogens is 584 g/mol. The van der Waals surface area contributed by atoms with Crippen molar-refractivity contribution in [2.75, 3.05) is 0 Å². The number of carbonyl (C=O) groups excluding carboxylic acids is 1. The van der Waals surface area contributed by atoms with E-state index in [-0.39, 0.29) is 27.2 Å². The Morgan fingerprint density at radius 3 is 2.05 bits per heavy atom. The Hall–Kier alpha value is -3.08. The molecule has 1 atom stereocenters. The lowest BCUT2D eigenvalue weighted by Crippen LogP contribution is -2.22. The SMILES string of the molecule is O=C(NN=Cc1ccccc1)c1ccc(/C(F)=C/C(c2cc(Cl)c(Cl)c(Cl)c2)C(F)(F)F)cc1C(F)(F)F. The summed E-state index contributed by atoms with van der Waals surface area (Å²) in [6, 6.07) is 11.6. The van der Waals surface area contributed by atoms with Gasteiger partial charge in [0.05, 0.1) is 32.4 Å². The summed E-state index contributed by atoms with van der Waals surface area (Å²) in [5.41, 5.74) is -1.44. The van der Waals surface area contributed by atoms with Crippen molar-refractivity contribution in [1.29, 1.82) is 0 Å². The van der Waals surface area contributed by atoms with Crippen LogP contribution in [0.4, 0.5) is 30.7 Å². The molecule has 3 aromatic rings. The van der Waals surface area contributed by atoms with Gasteiger partial charge in [-0.25, -0.2) is 9.82 Å². The largest absolute Gasteiger partial charge is 0.417 e. The molecule has 0 heterocycles. The van der Waals surface area contributed by atoms with Crippen LogP contribution in [0.25, 0.3) is 5.83 Å². The Morgan fingerprint density at radius 1 is 0.895 bits per heavy atom. The summed E-state index contributed by atoms with van der Waals surface area (Å²) < 4.78 is 97.3. The molecule has 0 spiro atoms. The number of rotatable bonds is 6. The zero-order valence-electron chi connectivity index (χ0n) is 18.6. The third-order valence-corrected chi connectivity index (χ3v) is 6.25. The van der Waals surface area contributed by atoms with Crippen LogP contribution in [0.3, 0.4) is 0 Å². The third-order valence-electron chi connectivity index (χ3n) is 5.06. The van der Waals surface area contributed by atoms with Gasteiger partial charge in [-0.1, -0.05) is 71.2 Å². The van der Waals surface area contributed by atoms with Gasteiger partial charge in [0.15, 0.2) is 0 Å². The first kappa shape index (κ1) is 29.5. The van der Waals surface area contributed by atoms with E-state index in [1.807, 2.05) is 5.43 Å². The number of halogens is 10. The Kier molecular flexibility index (Phi) is 9.12. The molecule has 0 saturated heterocycles. The minimum absolute atomic E-state index is 0.0787. The average molecular weight is 598 g/mol. The topological polar surface area (TPSA) is 41.5 Å². The van der Waals surface area contributed by atoms with Gasteiger partial charge in [0.2, 0.25) is 0 Å². The van der Waals surface area contributed by atoms with Gasteiger partial charge in [-0.3, -0.25) is 4.79 Å². The van der Waals surface area contributed by atoms with Gasteiger partial charge in [-0.15, -0.1) is 0 Å². The number of alkyl halides is 6. The van der Waals surface area contributed by atoms with Crippen molar-refractivity contribution < 1.29 is 35.5 Å². The molecule has 13 heteroatoms. The number of allylic oxidation sites excluding steroid dienone is 1. The molecular formula is C25H14Cl3F7N2O. The van der Waals surface area contributed by atoms with E-state index in [0.717, 1.165) is 18.2 Å². The maximum absolute atomic E-state index is 15.0. The van der Waals surface area contributed by atoms with E-state index in [4.69, 9.17) is 34.8 Å². The summed E-state index contributed by atoms with van der Waals surface area (Å²) in [7, 11) is 0. The average Bonchev–Trinajstić information content (AvgIpc) is 2.84. The number of hydrogen-bond donors (Lipinski definition) is 1. The summed E-state index contributed by atoms with van der Waals surface area (Å²) in [4.78, 5) is 12.4. The molecule has 3 nitrogen and oxygen atoms in total. The Bertz CT molecular complexity index is 1360. The first-order chi connectivity index (χ1) is 17.7. The summed E-state index contributed by atoms with van der Waals surface area (Å²) >= 11 is 17.3. The predicted octanol–water partition coefficient (Wildman–Crippen LogP) is 9.09. The van der Waals surface area contributed by atoms with Crippen LogP contribution in [-0.4, -0.2) is 18.3 Å². The molecule has 0 aliphatic heterocycles. The maximum atomic E-state index is 15.0. The quantitative estimate of drug-likeness (QED) is 0.131. The third kappa shape index (κ3) is 7.27. The molecule has 0 aliphatic carbocycles. The van der Waals surface area contributed by atoms with Crippen molar-refractivity contribution >= 4 is 52.8 Å². The minimum atomic E-state index is -5.15. The second-order valence-corrected chi connectivity index (χ2v) is 8.89. The normalized spacial score (nSPS) is 13.6. The molecule has 0 aromatic heterocycles. The van der Waals surface area contributed by atoms with Gasteiger partial charge in [0, 0.05) is 5.56 Å². The van der Waals surface area contributed by atoms with Crippen LogP contribution >= 0.6 is 34.8 Å². The lowest BCUT2D eigenvalue weighted by atomic mass is 9.95. The summed E-state index contributed by atoms with van der Waals surface area (Å²) in [5, 5.41) is 2.70. The highest BCUT2D eigenvalue weighted by Gasteiger charge is 2.41. The number of nitrogens with one attached hydrogen (secondary N) is 1. The van der Waals surface area contributed by atoms with E-state index in [1.54, 1.807) is 30.3 Å². The van der Waals surface area contributed by atoms with Crippen LogP contribution in [0.2, 0.25) is 15.1 Å². The summed E-state index contributed by atoms with van der Waals surface area (Å²) in [6.45, 7) is 0. The maximum Gasteiger partial charge on any atom is 0.417 e. The van der Waals surface area contributed by atoms with Crippen LogP contribution < -0.4 is 5.43 Å². The molecule has 0 bridgehead atoms. The molecule has 38 heavy (non-hydrogen) atoms. The van der Waals surface area contributed by atoms with Crippen LogP contribution in [0, 0.1) is 0 Å². The smallest absolute Gasteiger partial charge is 0.267 e. The van der Waals surface area contributed by atoms with E-state index in [0.29, 0.717) is 11.6 Å². The Morgan fingerprint density at radius 2 is 1.50 bits per heavy atom. The molecule has 200 valence electrons. The molecule has 1 unspecified atom stereocenters. The Balaban J connectivity index is 1.98. The fourth-order valence-corrected chi connectivity index (χ4v) is 3.88. The van der Waals surface area contributed by atoms with Gasteiger partial charge in [0.1, 0.15) is 11.7 Å². The van der Waals surface area contributed by atoms with Gasteiger partial charge in [-0.05, 0) is 41.5 Å². The fraction of sp³-hybridized carbons (Fsp3) is 0.120. The van der Waals surface area contributed by atoms with E-state index in [2.05, 4.69) is 5.10 Å². The van der Waals surface area contributed by atoms with Crippen LogP contribution in [-0.2, 0) is 6.18 Å². The lowest BCUT2D eigenvalue weighted by molar-refractivity contribution is -0.140. The highest BCUT2D eigenvalue weighted by Crippen LogP contribution is 2.42. The molecule has 0 fully saturated rings. The van der Waals surface area contributed by atoms with Crippen molar-refractivity contribution in [3.63, 3.8) is 0 Å². The van der Waals surface area contributed by atoms with Gasteiger partial charge in [-0.2, -0.15) is 31.4 Å². The van der Waals surface area contributed by atoms with Crippen molar-refractivity contribution in [2.24, 2.45) is 5.10 Å². The van der Waals surface area contributed by atoms with E-state index < -0.39 is 52.3 Å². The first-order valence-electron chi connectivity index (χ1n) is 10.4. The number of benzene rings is 3. The summed E-state index contributed by atoms with van der Waals surface area (Å²) in [6.07, 6.45) is -8.95. The number of hydrazone groups is 1. The number of amides is 1. The predicted molar refractivity (Wildman–Crippen MR) is 132 cm³/mol. The standard InChI is InChI=1S/C25H14Cl3F7N2O/c26-19-9-15(10-20(27)22(19)28)17(24(30,31)32)11-21(29)14-6-7-16(18(8-14)25(33,34)35)23(38)37-36-12-13-4-2-1-3-5-13/h1-12,17H,(H,37,38)/b21-11-,36-12?. The van der Waals surface area contributed by atoms with Crippen LogP contribution in [0.1, 0.15) is 38.5 Å². The fourth-order valence-electron chi connectivity index (χ4n) is 3.27. The lowest BCUT2D eigenvalue weighted by Gasteiger charge is -2.19. The number of nitrogens with zero attached hydrogens (tertiary/aromatic N) is 1. The molecule has 1 N–H and O–H groups in total. The molecule has 1 amide bonds. The van der Waals surface area contributed by atoms with E-state index in [9.17, 15) is 35.5 Å². The van der Waals surface area contributed by atoms with Gasteiger partial charge < -0.3 is 0 Å². The molecule has 0 radical (unpaired) electrons. The second-order valence-electron chi connectivity index (χ2n) is 7.70. The van der Waals surface area contributed by atoms with Crippen molar-refractivity contribution in [3.8, 4) is 0 Å². The Labute approximate surface area is 226 Å². The van der Waals surface area contributed by atoms with Crippen LogP contribution in [0.5, 0.6) is 0 Å². The zero-order chi connectivity index (χ0) is 28.3. The molecule has 0 saturated carbocycles. The van der Waals surface area contributed by atoms with Crippen molar-refractivity contribution in [2.45, 2.75) is 18.3 Å². The molecule has 3 rings (SSSR count). The van der Waals surface area contributed by atoms with Gasteiger partial charge >= 0.3 is 12.4 Å². The van der Waals surface area contributed by atoms with Crippen LogP contribution in [0.15, 0.2) is 71.8 Å². The van der Waals surface area contributed by atoms with Gasteiger partial charge in [0.25, 0.3) is 5.91 Å². The highest BCUT2D eigenvalue weighted by atomic mass is 35.5. The first-order valence-corrected chi connectivity index (χ1v) is 11.5. The van der Waals surface area contributed by atoms with Crippen molar-refractivity contribution in [1.82, 2.24) is 5.43 Å². The zero-order valence-corrected chi connectivity index (χ0v) is 20.9. The molecule has 0 aliphatic rings. The van der Waals surface area contributed by atoms with Crippen molar-refractivity contribution in [3.05, 3.63) is 110 Å². The number of hydrogen-bond acceptors (Lipinski definition) is 2. The monoisotopic (exact) mass is 596 g/mol. The summed E-state index contributed by atoms with van der Waals surface area (Å²) in [5.74, 6) is -5.52.